The number of carboxylic acids is 1. The topological polar surface area (TPSA) is 102 Å². The molecule has 10 heteroatoms. The second kappa shape index (κ2) is 9.39. The Morgan fingerprint density at radius 2 is 1.74 bits per heavy atom. The predicted molar refractivity (Wildman–Crippen MR) is 85.9 cm³/mol. The van der Waals surface area contributed by atoms with E-state index in [9.17, 15) is 14.4 Å². The third kappa shape index (κ3) is 13.2. The van der Waals surface area contributed by atoms with Crippen molar-refractivity contribution in [1.82, 2.24) is 5.32 Å². The zero-order valence-electron chi connectivity index (χ0n) is 13.0. The summed E-state index contributed by atoms with van der Waals surface area (Å²) in [7, 11) is 0. The number of carboxylic acid groups (broad SMARTS) is 1. The fourth-order valence-corrected chi connectivity index (χ4v) is 1.57. The second-order valence-corrected chi connectivity index (χ2v) is 8.22. The number of carbonyl (C=O) groups is 3. The van der Waals surface area contributed by atoms with E-state index in [1.807, 2.05) is 0 Å². The molecule has 0 heterocycles. The number of ether oxygens (including phenoxy) is 2. The van der Waals surface area contributed by atoms with E-state index in [1.54, 1.807) is 20.8 Å². The summed E-state index contributed by atoms with van der Waals surface area (Å²) in [6, 6.07) is -1.10. The summed E-state index contributed by atoms with van der Waals surface area (Å²) in [5.41, 5.74) is -0.753. The summed E-state index contributed by atoms with van der Waals surface area (Å²) < 4.78 is 8.06. The molecule has 0 rings (SSSR count). The van der Waals surface area contributed by atoms with Gasteiger partial charge in [0.1, 0.15) is 18.2 Å². The van der Waals surface area contributed by atoms with Crippen molar-refractivity contribution in [3.8, 4) is 0 Å². The van der Waals surface area contributed by atoms with Crippen LogP contribution < -0.4 is 5.32 Å². The molecule has 0 aliphatic heterocycles. The van der Waals surface area contributed by atoms with Gasteiger partial charge in [0.2, 0.25) is 3.79 Å². The van der Waals surface area contributed by atoms with Crippen molar-refractivity contribution >= 4 is 52.8 Å². The minimum Gasteiger partial charge on any atom is -0.481 e. The maximum atomic E-state index is 12.0. The van der Waals surface area contributed by atoms with Gasteiger partial charge in [0, 0.05) is 6.42 Å². The predicted octanol–water partition coefficient (Wildman–Crippen LogP) is 3.05. The van der Waals surface area contributed by atoms with Gasteiger partial charge in [-0.2, -0.15) is 0 Å². The van der Waals surface area contributed by atoms with Crippen molar-refractivity contribution in [2.75, 3.05) is 6.61 Å². The Kier molecular flexibility index (Phi) is 9.02. The highest BCUT2D eigenvalue weighted by atomic mass is 35.6. The van der Waals surface area contributed by atoms with Crippen molar-refractivity contribution in [2.24, 2.45) is 0 Å². The number of alkyl carbamates (subject to hydrolysis) is 1. The zero-order chi connectivity index (χ0) is 18.3. The molecule has 0 saturated heterocycles. The molecule has 1 atom stereocenters. The Bertz CT molecular complexity index is 430. The lowest BCUT2D eigenvalue weighted by molar-refractivity contribution is -0.146. The molecular formula is C13H20Cl3NO6. The van der Waals surface area contributed by atoms with Crippen molar-refractivity contribution in [3.63, 3.8) is 0 Å². The molecular weight excluding hydrogens is 373 g/mol. The van der Waals surface area contributed by atoms with Gasteiger partial charge in [-0.25, -0.2) is 9.59 Å². The largest absolute Gasteiger partial charge is 0.481 e. The van der Waals surface area contributed by atoms with Gasteiger partial charge in [-0.3, -0.25) is 4.79 Å². The first-order valence-electron chi connectivity index (χ1n) is 6.75. The van der Waals surface area contributed by atoms with E-state index >= 15 is 0 Å². The molecule has 0 radical (unpaired) electrons. The number of halogens is 3. The number of hydrogen-bond donors (Lipinski definition) is 2. The molecule has 7 nitrogen and oxygen atoms in total. The summed E-state index contributed by atoms with van der Waals surface area (Å²) in [6.07, 6.45) is -0.795. The van der Waals surface area contributed by atoms with Crippen LogP contribution in [0.1, 0.15) is 40.0 Å². The molecule has 23 heavy (non-hydrogen) atoms. The number of rotatable bonds is 7. The highest BCUT2D eigenvalue weighted by Crippen LogP contribution is 2.26. The standard InChI is InChI=1S/C13H20Cl3NO6/c1-12(2,3)23-11(21)17-8(5-4-6-9(18)19)10(20)22-7-13(14,15)16/h8H,4-7H2,1-3H3,(H,17,21)(H,18,19)/t8-/m1/s1. The van der Waals surface area contributed by atoms with Crippen LogP contribution in [-0.2, 0) is 19.1 Å². The van der Waals surface area contributed by atoms with Crippen LogP contribution in [0.4, 0.5) is 4.79 Å². The lowest BCUT2D eigenvalue weighted by Crippen LogP contribution is -2.44. The average molecular weight is 393 g/mol. The van der Waals surface area contributed by atoms with Crippen LogP contribution in [0.3, 0.4) is 0 Å². The molecule has 2 N–H and O–H groups in total. The number of esters is 1. The normalized spacial score (nSPS) is 13.1. The molecule has 0 unspecified atom stereocenters. The molecule has 0 aromatic carbocycles. The number of hydrogen-bond acceptors (Lipinski definition) is 5. The van der Waals surface area contributed by atoms with Crippen molar-refractivity contribution in [2.45, 2.75) is 55.5 Å². The molecule has 0 bridgehead atoms. The Balaban J connectivity index is 4.69. The van der Waals surface area contributed by atoms with Gasteiger partial charge in [0.15, 0.2) is 0 Å². The van der Waals surface area contributed by atoms with Crippen LogP contribution in [0.25, 0.3) is 0 Å². The lowest BCUT2D eigenvalue weighted by Gasteiger charge is -2.23. The lowest BCUT2D eigenvalue weighted by atomic mass is 10.1. The van der Waals surface area contributed by atoms with E-state index in [-0.39, 0.29) is 19.3 Å². The molecule has 0 spiro atoms. The smallest absolute Gasteiger partial charge is 0.408 e. The summed E-state index contributed by atoms with van der Waals surface area (Å²) in [6.45, 7) is 4.48. The molecule has 1 amide bonds. The fraction of sp³-hybridized carbons (Fsp3) is 0.769. The van der Waals surface area contributed by atoms with Gasteiger partial charge >= 0.3 is 18.0 Å². The summed E-state index contributed by atoms with van der Waals surface area (Å²) >= 11 is 16.5. The molecule has 0 aromatic rings. The molecule has 0 aromatic heterocycles. The quantitative estimate of drug-likeness (QED) is 0.510. The van der Waals surface area contributed by atoms with Gasteiger partial charge in [0.05, 0.1) is 0 Å². The number of alkyl halides is 3. The van der Waals surface area contributed by atoms with Crippen LogP contribution in [-0.4, -0.2) is 45.2 Å². The molecule has 0 aliphatic rings. The average Bonchev–Trinajstić information content (AvgIpc) is 2.31. The van der Waals surface area contributed by atoms with Crippen molar-refractivity contribution < 1.29 is 29.0 Å². The third-order valence-electron chi connectivity index (χ3n) is 2.24. The first-order valence-corrected chi connectivity index (χ1v) is 7.88. The van der Waals surface area contributed by atoms with Gasteiger partial charge in [-0.05, 0) is 33.6 Å². The first-order chi connectivity index (χ1) is 10.3. The molecule has 0 aliphatic carbocycles. The van der Waals surface area contributed by atoms with Crippen LogP contribution in [0, 0.1) is 0 Å². The van der Waals surface area contributed by atoms with E-state index < -0.39 is 40.1 Å². The van der Waals surface area contributed by atoms with E-state index in [2.05, 4.69) is 5.32 Å². The van der Waals surface area contributed by atoms with Crippen LogP contribution in [0.5, 0.6) is 0 Å². The van der Waals surface area contributed by atoms with E-state index in [4.69, 9.17) is 49.4 Å². The Labute approximate surface area is 149 Å². The fourth-order valence-electron chi connectivity index (χ4n) is 1.41. The monoisotopic (exact) mass is 391 g/mol. The van der Waals surface area contributed by atoms with Crippen LogP contribution >= 0.6 is 34.8 Å². The maximum Gasteiger partial charge on any atom is 0.408 e. The number of nitrogens with one attached hydrogen (secondary N) is 1. The molecule has 134 valence electrons. The molecule has 0 saturated carbocycles. The third-order valence-corrected chi connectivity index (χ3v) is 2.56. The van der Waals surface area contributed by atoms with Gasteiger partial charge in [-0.1, -0.05) is 34.8 Å². The summed E-state index contributed by atoms with van der Waals surface area (Å²) in [5.74, 6) is -1.86. The number of carbonyl (C=O) groups excluding carboxylic acids is 2. The highest BCUT2D eigenvalue weighted by Gasteiger charge is 2.28. The second-order valence-electron chi connectivity index (χ2n) is 5.71. The SMILES string of the molecule is CC(C)(C)OC(=O)N[C@H](CCCC(=O)O)C(=O)OCC(Cl)(Cl)Cl. The van der Waals surface area contributed by atoms with Crippen LogP contribution in [0.2, 0.25) is 0 Å². The van der Waals surface area contributed by atoms with Gasteiger partial charge in [0.25, 0.3) is 0 Å². The number of amides is 1. The van der Waals surface area contributed by atoms with E-state index in [1.165, 1.54) is 0 Å². The Morgan fingerprint density at radius 1 is 1.17 bits per heavy atom. The van der Waals surface area contributed by atoms with Gasteiger partial charge in [-0.15, -0.1) is 0 Å². The van der Waals surface area contributed by atoms with Gasteiger partial charge < -0.3 is 19.9 Å². The Hall–Kier alpha value is -0.920. The first kappa shape index (κ1) is 22.1. The van der Waals surface area contributed by atoms with Crippen LogP contribution in [0.15, 0.2) is 0 Å². The van der Waals surface area contributed by atoms with E-state index in [0.717, 1.165) is 0 Å². The minimum atomic E-state index is -1.78. The zero-order valence-corrected chi connectivity index (χ0v) is 15.3. The van der Waals surface area contributed by atoms with E-state index in [0.29, 0.717) is 0 Å². The molecule has 0 fully saturated rings. The summed E-state index contributed by atoms with van der Waals surface area (Å²) in [5, 5.41) is 11.0. The number of aliphatic carboxylic acids is 1. The minimum absolute atomic E-state index is 0.0459. The Morgan fingerprint density at radius 3 is 2.17 bits per heavy atom. The summed E-state index contributed by atoms with van der Waals surface area (Å²) in [4.78, 5) is 34.2. The van der Waals surface area contributed by atoms with Crippen molar-refractivity contribution in [1.29, 1.82) is 0 Å². The van der Waals surface area contributed by atoms with Crippen molar-refractivity contribution in [3.05, 3.63) is 0 Å². The maximum absolute atomic E-state index is 12.0. The highest BCUT2D eigenvalue weighted by molar-refractivity contribution is 6.67.